The van der Waals surface area contributed by atoms with Crippen LogP contribution in [0.1, 0.15) is 30.6 Å². The molecule has 0 saturated carbocycles. The van der Waals surface area contributed by atoms with Crippen molar-refractivity contribution in [1.29, 1.82) is 0 Å². The molecule has 4 rings (SSSR count). The van der Waals surface area contributed by atoms with Crippen molar-refractivity contribution in [1.82, 2.24) is 5.32 Å². The third kappa shape index (κ3) is 11.2. The molecule has 0 aliphatic carbocycles. The molecule has 4 aromatic carbocycles. The summed E-state index contributed by atoms with van der Waals surface area (Å²) >= 11 is 4.53. The van der Waals surface area contributed by atoms with Crippen molar-refractivity contribution in [2.45, 2.75) is 38.5 Å². The van der Waals surface area contributed by atoms with Gasteiger partial charge in [-0.05, 0) is 70.6 Å². The van der Waals surface area contributed by atoms with Gasteiger partial charge in [-0.2, -0.15) is 25.8 Å². The summed E-state index contributed by atoms with van der Waals surface area (Å²) in [4.78, 5) is 34.9. The van der Waals surface area contributed by atoms with E-state index in [1.807, 2.05) is 80.6 Å². The van der Waals surface area contributed by atoms with Gasteiger partial charge in [0, 0.05) is 29.2 Å². The number of para-hydroxylation sites is 1. The minimum Gasteiger partial charge on any atom is -0.475 e. The van der Waals surface area contributed by atoms with Gasteiger partial charge in [0.05, 0.1) is 13.2 Å². The Morgan fingerprint density at radius 3 is 2.11 bits per heavy atom. The molecule has 0 aliphatic heterocycles. The summed E-state index contributed by atoms with van der Waals surface area (Å²) in [5, 5.41) is 19.3. The van der Waals surface area contributed by atoms with E-state index in [0.29, 0.717) is 24.3 Å². The number of carbonyl (C=O) groups is 3. The molecule has 0 aliphatic rings. The van der Waals surface area contributed by atoms with Crippen LogP contribution in [-0.2, 0) is 14.3 Å². The standard InChI is InChI=1S/C33H37N3O3S.C2HF3O2/c1-22(2)17-31(33(38)39-3)36-32(37)29-16-15-27(34-20-28(21-40)35-26-11-5-4-6-12-26)19-30(29)25-14-13-23-9-7-8-10-24(23)18-25;3-2(4,5)1(6)7/h4-16,18-19,22,28,31,34-35,40H,17,20-21H2,1-3H3,(H,36,37);(H,6,7)/t28-,31+;/m1./s1. The number of benzene rings is 4. The summed E-state index contributed by atoms with van der Waals surface area (Å²) in [5.41, 5.74) is 4.10. The summed E-state index contributed by atoms with van der Waals surface area (Å²) in [6.45, 7) is 4.65. The van der Waals surface area contributed by atoms with Gasteiger partial charge in [0.2, 0.25) is 0 Å². The smallest absolute Gasteiger partial charge is 0.475 e. The van der Waals surface area contributed by atoms with E-state index in [1.165, 1.54) is 7.11 Å². The zero-order chi connectivity index (χ0) is 34.6. The number of rotatable bonds is 12. The fourth-order valence-electron chi connectivity index (χ4n) is 4.68. The van der Waals surface area contributed by atoms with E-state index in [9.17, 15) is 22.8 Å². The number of alkyl halides is 3. The third-order valence-corrected chi connectivity index (χ3v) is 7.42. The largest absolute Gasteiger partial charge is 0.490 e. The van der Waals surface area contributed by atoms with Crippen LogP contribution < -0.4 is 16.0 Å². The quantitative estimate of drug-likeness (QED) is 0.0796. The van der Waals surface area contributed by atoms with Crippen molar-refractivity contribution in [3.8, 4) is 11.1 Å². The molecule has 250 valence electrons. The van der Waals surface area contributed by atoms with Gasteiger partial charge in [-0.3, -0.25) is 4.79 Å². The second-order valence-corrected chi connectivity index (χ2v) is 11.4. The van der Waals surface area contributed by atoms with Gasteiger partial charge in [0.1, 0.15) is 6.04 Å². The van der Waals surface area contributed by atoms with Crippen molar-refractivity contribution in [2.24, 2.45) is 5.92 Å². The molecular formula is C35H38F3N3O5S. The van der Waals surface area contributed by atoms with Crippen LogP contribution in [0.3, 0.4) is 0 Å². The van der Waals surface area contributed by atoms with Crippen LogP contribution in [0, 0.1) is 5.92 Å². The van der Waals surface area contributed by atoms with E-state index in [4.69, 9.17) is 14.6 Å². The summed E-state index contributed by atoms with van der Waals surface area (Å²) in [7, 11) is 1.34. The maximum absolute atomic E-state index is 13.6. The maximum atomic E-state index is 13.6. The second-order valence-electron chi connectivity index (χ2n) is 11.1. The Hall–Kier alpha value is -4.71. The molecule has 1 amide bonds. The number of ether oxygens (including phenoxy) is 1. The molecule has 0 aromatic heterocycles. The van der Waals surface area contributed by atoms with Crippen LogP contribution in [0.2, 0.25) is 0 Å². The summed E-state index contributed by atoms with van der Waals surface area (Å²) < 4.78 is 36.7. The number of methoxy groups -OCH3 is 1. The Kier molecular flexibility index (Phi) is 13.5. The number of thiol groups is 1. The number of amides is 1. The van der Waals surface area contributed by atoms with Crippen LogP contribution in [0.25, 0.3) is 21.9 Å². The molecule has 4 aromatic rings. The van der Waals surface area contributed by atoms with Crippen LogP contribution in [0.15, 0.2) is 91.0 Å². The monoisotopic (exact) mass is 669 g/mol. The maximum Gasteiger partial charge on any atom is 0.490 e. The predicted molar refractivity (Wildman–Crippen MR) is 182 cm³/mol. The van der Waals surface area contributed by atoms with Crippen LogP contribution in [-0.4, -0.2) is 60.6 Å². The van der Waals surface area contributed by atoms with E-state index in [2.05, 4.69) is 52.8 Å². The highest BCUT2D eigenvalue weighted by molar-refractivity contribution is 7.80. The zero-order valence-electron chi connectivity index (χ0n) is 26.2. The Morgan fingerprint density at radius 2 is 1.51 bits per heavy atom. The number of esters is 1. The lowest BCUT2D eigenvalue weighted by Gasteiger charge is -2.21. The first-order chi connectivity index (χ1) is 22.3. The fourth-order valence-corrected chi connectivity index (χ4v) is 4.90. The lowest BCUT2D eigenvalue weighted by atomic mass is 9.95. The average Bonchev–Trinajstić information content (AvgIpc) is 3.05. The Balaban J connectivity index is 0.000000771. The first-order valence-electron chi connectivity index (χ1n) is 14.8. The molecular weight excluding hydrogens is 631 g/mol. The van der Waals surface area contributed by atoms with Crippen LogP contribution >= 0.6 is 12.6 Å². The first-order valence-corrected chi connectivity index (χ1v) is 15.4. The number of aliphatic carboxylic acids is 1. The molecule has 0 spiro atoms. The second kappa shape index (κ2) is 17.3. The van der Waals surface area contributed by atoms with Gasteiger partial charge in [0.25, 0.3) is 5.91 Å². The number of carbonyl (C=O) groups excluding carboxylic acids is 2. The van der Waals surface area contributed by atoms with E-state index >= 15 is 0 Å². The van der Waals surface area contributed by atoms with Gasteiger partial charge in [-0.25, -0.2) is 9.59 Å². The zero-order valence-corrected chi connectivity index (χ0v) is 27.1. The predicted octanol–water partition coefficient (Wildman–Crippen LogP) is 7.28. The molecule has 12 heteroatoms. The fraction of sp³-hybridized carbons (Fsp3) is 0.286. The van der Waals surface area contributed by atoms with Gasteiger partial charge in [-0.1, -0.05) is 68.4 Å². The highest BCUT2D eigenvalue weighted by Gasteiger charge is 2.38. The lowest BCUT2D eigenvalue weighted by Crippen LogP contribution is -2.42. The molecule has 0 bridgehead atoms. The summed E-state index contributed by atoms with van der Waals surface area (Å²) in [5.74, 6) is -2.67. The molecule has 8 nitrogen and oxygen atoms in total. The van der Waals surface area contributed by atoms with Gasteiger partial charge >= 0.3 is 18.1 Å². The number of anilines is 2. The number of nitrogens with one attached hydrogen (secondary N) is 3. The van der Waals surface area contributed by atoms with Crippen LogP contribution in [0.5, 0.6) is 0 Å². The minimum atomic E-state index is -5.08. The van der Waals surface area contributed by atoms with Crippen molar-refractivity contribution in [2.75, 3.05) is 30.0 Å². The highest BCUT2D eigenvalue weighted by Crippen LogP contribution is 2.30. The number of fused-ring (bicyclic) bond motifs is 1. The highest BCUT2D eigenvalue weighted by atomic mass is 32.1. The summed E-state index contributed by atoms with van der Waals surface area (Å²) in [6, 6.07) is 29.4. The average molecular weight is 670 g/mol. The number of hydrogen-bond donors (Lipinski definition) is 5. The topological polar surface area (TPSA) is 117 Å². The normalized spacial score (nSPS) is 12.3. The van der Waals surface area contributed by atoms with Crippen molar-refractivity contribution in [3.05, 3.63) is 96.6 Å². The van der Waals surface area contributed by atoms with Gasteiger partial charge < -0.3 is 25.8 Å². The minimum absolute atomic E-state index is 0.0923. The number of carboxylic acids is 1. The number of halogens is 3. The summed E-state index contributed by atoms with van der Waals surface area (Å²) in [6.07, 6.45) is -4.59. The van der Waals surface area contributed by atoms with E-state index < -0.39 is 24.2 Å². The Morgan fingerprint density at radius 1 is 0.872 bits per heavy atom. The van der Waals surface area contributed by atoms with Crippen LogP contribution in [0.4, 0.5) is 24.5 Å². The van der Waals surface area contributed by atoms with Gasteiger partial charge in [-0.15, -0.1) is 0 Å². The molecule has 2 atom stereocenters. The van der Waals surface area contributed by atoms with Gasteiger partial charge in [0.15, 0.2) is 0 Å². The van der Waals surface area contributed by atoms with E-state index in [-0.39, 0.29) is 17.9 Å². The third-order valence-electron chi connectivity index (χ3n) is 6.98. The van der Waals surface area contributed by atoms with Crippen molar-refractivity contribution < 1.29 is 37.4 Å². The Bertz CT molecular complexity index is 1650. The SMILES string of the molecule is COC(=O)[C@H](CC(C)C)NC(=O)c1ccc(NC[C@H](CS)Nc2ccccc2)cc1-c1ccc2ccccc2c1.O=C(O)C(F)(F)F. The van der Waals surface area contributed by atoms with E-state index in [1.54, 1.807) is 0 Å². The molecule has 0 radical (unpaired) electrons. The molecule has 0 heterocycles. The molecule has 0 fully saturated rings. The molecule has 0 saturated heterocycles. The van der Waals surface area contributed by atoms with Crippen molar-refractivity contribution in [3.63, 3.8) is 0 Å². The first kappa shape index (κ1) is 36.8. The number of carboxylic acid groups (broad SMARTS) is 1. The lowest BCUT2D eigenvalue weighted by molar-refractivity contribution is -0.192. The number of hydrogen-bond acceptors (Lipinski definition) is 7. The van der Waals surface area contributed by atoms with E-state index in [0.717, 1.165) is 33.3 Å². The Labute approximate surface area is 277 Å². The molecule has 4 N–H and O–H groups in total. The molecule has 47 heavy (non-hydrogen) atoms. The van der Waals surface area contributed by atoms with Crippen molar-refractivity contribution >= 4 is 52.6 Å². The molecule has 0 unspecified atom stereocenters.